The Morgan fingerprint density at radius 1 is 1.08 bits per heavy atom. The minimum absolute atomic E-state index is 0.0842. The summed E-state index contributed by atoms with van der Waals surface area (Å²) in [5, 5.41) is 0. The van der Waals surface area contributed by atoms with Gasteiger partial charge in [-0.1, -0.05) is 12.1 Å². The fourth-order valence-corrected chi connectivity index (χ4v) is 6.44. The van der Waals surface area contributed by atoms with Gasteiger partial charge in [0.2, 0.25) is 6.10 Å². The van der Waals surface area contributed by atoms with Gasteiger partial charge in [0.05, 0.1) is 0 Å². The first-order chi connectivity index (χ1) is 12.2. The van der Waals surface area contributed by atoms with Crippen LogP contribution in [0.2, 0.25) is 0 Å². The molecular weight excluding hydrogens is 314 g/mol. The molecule has 4 nitrogen and oxygen atoms in total. The van der Waals surface area contributed by atoms with E-state index >= 15 is 0 Å². The summed E-state index contributed by atoms with van der Waals surface area (Å²) in [7, 11) is 0. The van der Waals surface area contributed by atoms with Crippen LogP contribution in [0.25, 0.3) is 0 Å². The molecule has 6 rings (SSSR count). The third kappa shape index (κ3) is 2.44. The summed E-state index contributed by atoms with van der Waals surface area (Å²) in [5.41, 5.74) is 0.0842. The summed E-state index contributed by atoms with van der Waals surface area (Å²) in [6.07, 6.45) is 7.25. The van der Waals surface area contributed by atoms with E-state index < -0.39 is 6.10 Å². The van der Waals surface area contributed by atoms with Crippen molar-refractivity contribution in [2.24, 2.45) is 17.8 Å². The van der Waals surface area contributed by atoms with Crippen LogP contribution in [-0.2, 0) is 4.79 Å². The first-order valence-electron chi connectivity index (χ1n) is 9.87. The number of para-hydroxylation sites is 2. The molecule has 0 N–H and O–H groups in total. The summed E-state index contributed by atoms with van der Waals surface area (Å²) >= 11 is 0. The zero-order chi connectivity index (χ0) is 17.0. The Morgan fingerprint density at radius 3 is 2.28 bits per heavy atom. The second-order valence-corrected chi connectivity index (χ2v) is 8.59. The molecule has 0 unspecified atom stereocenters. The Morgan fingerprint density at radius 2 is 1.68 bits per heavy atom. The molecule has 25 heavy (non-hydrogen) atoms. The molecule has 0 radical (unpaired) electrons. The molecule has 4 saturated carbocycles. The second-order valence-electron chi connectivity index (χ2n) is 8.59. The van der Waals surface area contributed by atoms with Crippen molar-refractivity contribution in [1.29, 1.82) is 0 Å². The minimum atomic E-state index is -0.511. The van der Waals surface area contributed by atoms with Gasteiger partial charge in [-0.2, -0.15) is 0 Å². The van der Waals surface area contributed by atoms with Crippen LogP contribution in [0, 0.1) is 17.8 Å². The lowest BCUT2D eigenvalue weighted by molar-refractivity contribution is -0.159. The van der Waals surface area contributed by atoms with Crippen molar-refractivity contribution in [2.75, 3.05) is 13.2 Å². The van der Waals surface area contributed by atoms with Crippen molar-refractivity contribution in [3.63, 3.8) is 0 Å². The van der Waals surface area contributed by atoms with Crippen molar-refractivity contribution >= 4 is 5.91 Å². The molecule has 4 aliphatic carbocycles. The topological polar surface area (TPSA) is 38.8 Å². The maximum Gasteiger partial charge on any atom is 0.267 e. The van der Waals surface area contributed by atoms with Gasteiger partial charge < -0.3 is 14.4 Å². The van der Waals surface area contributed by atoms with Crippen LogP contribution in [0.4, 0.5) is 0 Å². The number of nitrogens with zero attached hydrogens (tertiary/aromatic N) is 1. The Hall–Kier alpha value is -1.71. The van der Waals surface area contributed by atoms with Gasteiger partial charge in [-0.3, -0.25) is 4.79 Å². The number of carbonyl (C=O) groups is 1. The van der Waals surface area contributed by atoms with Gasteiger partial charge in [0, 0.05) is 12.1 Å². The monoisotopic (exact) mass is 341 g/mol. The van der Waals surface area contributed by atoms with E-state index in [2.05, 4.69) is 11.8 Å². The fourth-order valence-electron chi connectivity index (χ4n) is 6.44. The largest absolute Gasteiger partial charge is 0.485 e. The van der Waals surface area contributed by atoms with E-state index in [-0.39, 0.29) is 11.4 Å². The summed E-state index contributed by atoms with van der Waals surface area (Å²) in [4.78, 5) is 15.5. The van der Waals surface area contributed by atoms with Gasteiger partial charge in [-0.15, -0.1) is 0 Å². The number of hydrogen-bond donors (Lipinski definition) is 0. The zero-order valence-corrected chi connectivity index (χ0v) is 14.9. The van der Waals surface area contributed by atoms with Crippen LogP contribution in [0.15, 0.2) is 24.3 Å². The fraction of sp³-hybridized carbons (Fsp3) is 0.667. The third-order valence-electron chi connectivity index (χ3n) is 6.94. The van der Waals surface area contributed by atoms with Crippen molar-refractivity contribution in [1.82, 2.24) is 4.90 Å². The Bertz CT molecular complexity index is 650. The van der Waals surface area contributed by atoms with Gasteiger partial charge in [-0.25, -0.2) is 0 Å². The molecule has 0 aromatic heterocycles. The van der Waals surface area contributed by atoms with Gasteiger partial charge in [-0.05, 0) is 75.3 Å². The number of amides is 1. The predicted molar refractivity (Wildman–Crippen MR) is 94.6 cm³/mol. The third-order valence-corrected chi connectivity index (χ3v) is 6.94. The van der Waals surface area contributed by atoms with Crippen molar-refractivity contribution in [3.05, 3.63) is 24.3 Å². The summed E-state index contributed by atoms with van der Waals surface area (Å²) in [5.74, 6) is 4.05. The number of ether oxygens (including phenoxy) is 2. The molecule has 1 atom stereocenters. The quantitative estimate of drug-likeness (QED) is 0.842. The lowest BCUT2D eigenvalue weighted by atomic mass is 9.52. The van der Waals surface area contributed by atoms with Gasteiger partial charge >= 0.3 is 0 Å². The molecule has 1 aromatic rings. The first kappa shape index (κ1) is 15.5. The molecule has 4 fully saturated rings. The smallest absolute Gasteiger partial charge is 0.267 e. The van der Waals surface area contributed by atoms with E-state index in [1.807, 2.05) is 24.3 Å². The Kier molecular flexibility index (Phi) is 3.51. The maximum atomic E-state index is 13.4. The summed E-state index contributed by atoms with van der Waals surface area (Å²) in [6, 6.07) is 7.63. The lowest BCUT2D eigenvalue weighted by Crippen LogP contribution is -2.64. The van der Waals surface area contributed by atoms with E-state index in [4.69, 9.17) is 9.47 Å². The molecule has 134 valence electrons. The number of likely N-dealkylation sites (N-methyl/N-ethyl adjacent to an activating group) is 1. The van der Waals surface area contributed by atoms with Crippen LogP contribution in [0.5, 0.6) is 11.5 Å². The molecule has 4 bridgehead atoms. The first-order valence-corrected chi connectivity index (χ1v) is 9.87. The SMILES string of the molecule is CCN(C(=O)[C@H]1COc2ccccc2O1)C12CC3CC(CC(C3)C1)C2. The van der Waals surface area contributed by atoms with Crippen molar-refractivity contribution in [3.8, 4) is 11.5 Å². The molecule has 1 aromatic carbocycles. The van der Waals surface area contributed by atoms with Gasteiger partial charge in [0.1, 0.15) is 6.61 Å². The molecule has 1 heterocycles. The van der Waals surface area contributed by atoms with Gasteiger partial charge in [0.15, 0.2) is 11.5 Å². The predicted octanol–water partition coefficient (Wildman–Crippen LogP) is 3.64. The molecule has 1 aliphatic heterocycles. The van der Waals surface area contributed by atoms with Crippen molar-refractivity contribution < 1.29 is 14.3 Å². The summed E-state index contributed by atoms with van der Waals surface area (Å²) in [6.45, 7) is 3.21. The Balaban J connectivity index is 1.39. The molecule has 5 aliphatic rings. The van der Waals surface area contributed by atoms with Crippen LogP contribution >= 0.6 is 0 Å². The minimum Gasteiger partial charge on any atom is -0.485 e. The lowest BCUT2D eigenvalue weighted by Gasteiger charge is -2.60. The highest BCUT2D eigenvalue weighted by molar-refractivity contribution is 5.82. The Labute approximate surface area is 149 Å². The standard InChI is InChI=1S/C21H27NO3/c1-2-22(21-10-14-7-15(11-21)9-16(8-14)12-21)20(23)19-13-24-17-5-3-4-6-18(17)25-19/h3-6,14-16,19H,2,7-13H2,1H3/t14?,15?,16?,19-,21?/m1/s1. The number of hydrogen-bond acceptors (Lipinski definition) is 3. The van der Waals surface area contributed by atoms with Crippen LogP contribution in [-0.4, -0.2) is 35.6 Å². The van der Waals surface area contributed by atoms with Gasteiger partial charge in [0.25, 0.3) is 5.91 Å². The highest BCUT2D eigenvalue weighted by Crippen LogP contribution is 2.57. The maximum absolute atomic E-state index is 13.4. The van der Waals surface area contributed by atoms with Crippen LogP contribution < -0.4 is 9.47 Å². The normalized spacial score (nSPS) is 37.8. The number of carbonyl (C=O) groups excluding carboxylic acids is 1. The highest BCUT2D eigenvalue weighted by Gasteiger charge is 2.55. The van der Waals surface area contributed by atoms with E-state index in [0.717, 1.165) is 30.0 Å². The second kappa shape index (κ2) is 5.65. The molecule has 0 saturated heterocycles. The highest BCUT2D eigenvalue weighted by atomic mass is 16.6. The molecular formula is C21H27NO3. The molecule has 1 amide bonds. The van der Waals surface area contributed by atoms with E-state index in [9.17, 15) is 4.79 Å². The summed E-state index contributed by atoms with van der Waals surface area (Å²) < 4.78 is 11.8. The number of benzene rings is 1. The van der Waals surface area contributed by atoms with Crippen LogP contribution in [0.3, 0.4) is 0 Å². The average molecular weight is 341 g/mol. The number of rotatable bonds is 3. The van der Waals surface area contributed by atoms with Crippen molar-refractivity contribution in [2.45, 2.75) is 57.1 Å². The molecule has 0 spiro atoms. The molecule has 4 heteroatoms. The van der Waals surface area contributed by atoms with E-state index in [1.165, 1.54) is 38.5 Å². The van der Waals surface area contributed by atoms with Crippen LogP contribution in [0.1, 0.15) is 45.4 Å². The number of fused-ring (bicyclic) bond motifs is 1. The average Bonchev–Trinajstić information content (AvgIpc) is 2.60. The van der Waals surface area contributed by atoms with E-state index in [1.54, 1.807) is 0 Å². The zero-order valence-electron chi connectivity index (χ0n) is 14.9. The van der Waals surface area contributed by atoms with E-state index in [0.29, 0.717) is 12.4 Å².